The van der Waals surface area contributed by atoms with Gasteiger partial charge in [-0.25, -0.2) is 4.79 Å². The van der Waals surface area contributed by atoms with Crippen LogP contribution in [0.25, 0.3) is 0 Å². The maximum Gasteiger partial charge on any atom is 0.337 e. The zero-order chi connectivity index (χ0) is 19.2. The molecule has 0 aromatic heterocycles. The molecule has 146 valence electrons. The topological polar surface area (TPSA) is 66.9 Å². The molecule has 1 aliphatic carbocycles. The van der Waals surface area contributed by atoms with Gasteiger partial charge in [-0.2, -0.15) is 0 Å². The van der Waals surface area contributed by atoms with E-state index in [1.165, 1.54) is 20.0 Å². The Bertz CT molecular complexity index is 697. The molecule has 1 aromatic rings. The van der Waals surface area contributed by atoms with Gasteiger partial charge in [0, 0.05) is 39.0 Å². The SMILES string of the molecule is COC(=O)c1cccc(CN2CCN(C(=O)CC3CCCC3)CCC2=O)c1. The van der Waals surface area contributed by atoms with Gasteiger partial charge in [0.25, 0.3) is 0 Å². The first kappa shape index (κ1) is 19.4. The van der Waals surface area contributed by atoms with Crippen LogP contribution in [0.4, 0.5) is 0 Å². The van der Waals surface area contributed by atoms with Gasteiger partial charge >= 0.3 is 5.97 Å². The normalized spacial score (nSPS) is 18.5. The minimum atomic E-state index is -0.386. The molecule has 1 aromatic carbocycles. The zero-order valence-corrected chi connectivity index (χ0v) is 16.0. The highest BCUT2D eigenvalue weighted by molar-refractivity contribution is 5.89. The molecule has 0 atom stereocenters. The van der Waals surface area contributed by atoms with Crippen LogP contribution in [0, 0.1) is 5.92 Å². The summed E-state index contributed by atoms with van der Waals surface area (Å²) in [7, 11) is 1.35. The quantitative estimate of drug-likeness (QED) is 0.745. The highest BCUT2D eigenvalue weighted by Crippen LogP contribution is 2.28. The molecule has 2 fully saturated rings. The fraction of sp³-hybridized carbons (Fsp3) is 0.571. The maximum absolute atomic E-state index is 12.6. The van der Waals surface area contributed by atoms with Gasteiger partial charge in [0.15, 0.2) is 0 Å². The number of hydrogen-bond donors (Lipinski definition) is 0. The predicted molar refractivity (Wildman–Crippen MR) is 101 cm³/mol. The lowest BCUT2D eigenvalue weighted by Gasteiger charge is -2.23. The van der Waals surface area contributed by atoms with E-state index in [9.17, 15) is 14.4 Å². The van der Waals surface area contributed by atoms with Crippen molar-refractivity contribution in [2.45, 2.75) is 45.1 Å². The molecule has 1 aliphatic heterocycles. The van der Waals surface area contributed by atoms with Gasteiger partial charge in [-0.05, 0) is 36.5 Å². The molecule has 0 unspecified atom stereocenters. The van der Waals surface area contributed by atoms with Crippen molar-refractivity contribution in [3.63, 3.8) is 0 Å². The van der Waals surface area contributed by atoms with Crippen LogP contribution in [0.15, 0.2) is 24.3 Å². The van der Waals surface area contributed by atoms with Gasteiger partial charge < -0.3 is 14.5 Å². The minimum Gasteiger partial charge on any atom is -0.465 e. The van der Waals surface area contributed by atoms with Gasteiger partial charge in [-0.1, -0.05) is 25.0 Å². The summed E-state index contributed by atoms with van der Waals surface area (Å²) in [4.78, 5) is 40.4. The highest BCUT2D eigenvalue weighted by atomic mass is 16.5. The van der Waals surface area contributed by atoms with Crippen LogP contribution >= 0.6 is 0 Å². The van der Waals surface area contributed by atoms with E-state index in [1.54, 1.807) is 23.1 Å². The van der Waals surface area contributed by atoms with Crippen molar-refractivity contribution in [1.29, 1.82) is 0 Å². The molecule has 27 heavy (non-hydrogen) atoms. The lowest BCUT2D eigenvalue weighted by molar-refractivity contribution is -0.132. The largest absolute Gasteiger partial charge is 0.465 e. The summed E-state index contributed by atoms with van der Waals surface area (Å²) in [5.74, 6) is 0.371. The number of esters is 1. The molecule has 1 heterocycles. The average Bonchev–Trinajstić information content (AvgIpc) is 3.12. The monoisotopic (exact) mass is 372 g/mol. The van der Waals surface area contributed by atoms with Crippen molar-refractivity contribution in [3.05, 3.63) is 35.4 Å². The van der Waals surface area contributed by atoms with Crippen molar-refractivity contribution >= 4 is 17.8 Å². The summed E-state index contributed by atoms with van der Waals surface area (Å²) >= 11 is 0. The number of carbonyl (C=O) groups is 3. The van der Waals surface area contributed by atoms with Crippen molar-refractivity contribution in [1.82, 2.24) is 9.80 Å². The van der Waals surface area contributed by atoms with E-state index in [0.29, 0.717) is 50.5 Å². The van der Waals surface area contributed by atoms with Crippen LogP contribution in [-0.4, -0.2) is 54.3 Å². The van der Waals surface area contributed by atoms with E-state index in [0.717, 1.165) is 18.4 Å². The Kier molecular flexibility index (Phi) is 6.48. The second-order valence-corrected chi connectivity index (χ2v) is 7.49. The summed E-state index contributed by atoms with van der Waals surface area (Å²) in [5, 5.41) is 0. The second kappa shape index (κ2) is 9.02. The summed E-state index contributed by atoms with van der Waals surface area (Å²) in [6.45, 7) is 2.04. The van der Waals surface area contributed by atoms with E-state index in [1.807, 2.05) is 11.0 Å². The molecule has 0 bridgehead atoms. The van der Waals surface area contributed by atoms with Crippen LogP contribution in [0.1, 0.15) is 54.4 Å². The molecule has 0 spiro atoms. The Morgan fingerprint density at radius 2 is 1.93 bits per heavy atom. The molecule has 0 N–H and O–H groups in total. The molecular formula is C21H28N2O4. The van der Waals surface area contributed by atoms with Gasteiger partial charge in [-0.15, -0.1) is 0 Å². The number of nitrogens with zero attached hydrogens (tertiary/aromatic N) is 2. The van der Waals surface area contributed by atoms with Crippen LogP contribution in [0.5, 0.6) is 0 Å². The molecule has 1 saturated carbocycles. The molecule has 3 rings (SSSR count). The second-order valence-electron chi connectivity index (χ2n) is 7.49. The third kappa shape index (κ3) is 5.08. The Balaban J connectivity index is 1.58. The summed E-state index contributed by atoms with van der Waals surface area (Å²) in [5.41, 5.74) is 1.36. The summed E-state index contributed by atoms with van der Waals surface area (Å²) < 4.78 is 4.75. The number of hydrogen-bond acceptors (Lipinski definition) is 4. The molecule has 2 aliphatic rings. The Morgan fingerprint density at radius 1 is 1.15 bits per heavy atom. The third-order valence-electron chi connectivity index (χ3n) is 5.60. The standard InChI is InChI=1S/C21H28N2O4/c1-27-21(26)18-8-4-7-17(13-18)15-23-12-11-22(10-9-19(23)24)20(25)14-16-5-2-3-6-16/h4,7-8,13,16H,2-3,5-6,9-12,14-15H2,1H3. The number of amides is 2. The van der Waals surface area contributed by atoms with Crippen molar-refractivity contribution in [2.24, 2.45) is 5.92 Å². The molecule has 6 heteroatoms. The van der Waals surface area contributed by atoms with Gasteiger partial charge in [0.2, 0.25) is 11.8 Å². The Labute approximate surface area is 160 Å². The van der Waals surface area contributed by atoms with Crippen molar-refractivity contribution in [3.8, 4) is 0 Å². The molecule has 2 amide bonds. The lowest BCUT2D eigenvalue weighted by atomic mass is 10.0. The van der Waals surface area contributed by atoms with Gasteiger partial charge in [-0.3, -0.25) is 9.59 Å². The first-order valence-electron chi connectivity index (χ1n) is 9.79. The van der Waals surface area contributed by atoms with E-state index in [4.69, 9.17) is 4.74 Å². The number of carbonyl (C=O) groups excluding carboxylic acids is 3. The van der Waals surface area contributed by atoms with Crippen LogP contribution in [-0.2, 0) is 20.9 Å². The lowest BCUT2D eigenvalue weighted by Crippen LogP contribution is -2.36. The van der Waals surface area contributed by atoms with Crippen molar-refractivity contribution in [2.75, 3.05) is 26.7 Å². The third-order valence-corrected chi connectivity index (χ3v) is 5.60. The Hall–Kier alpha value is -2.37. The number of ether oxygens (including phenoxy) is 1. The molecule has 1 saturated heterocycles. The molecular weight excluding hydrogens is 344 g/mol. The maximum atomic E-state index is 12.6. The molecule has 0 radical (unpaired) electrons. The fourth-order valence-electron chi connectivity index (χ4n) is 4.01. The van der Waals surface area contributed by atoms with E-state index < -0.39 is 0 Å². The van der Waals surface area contributed by atoms with Crippen LogP contribution in [0.3, 0.4) is 0 Å². The first-order valence-corrected chi connectivity index (χ1v) is 9.79. The Morgan fingerprint density at radius 3 is 2.67 bits per heavy atom. The van der Waals surface area contributed by atoms with E-state index >= 15 is 0 Å². The number of methoxy groups -OCH3 is 1. The van der Waals surface area contributed by atoms with E-state index in [2.05, 4.69) is 0 Å². The average molecular weight is 372 g/mol. The number of rotatable bonds is 5. The number of benzene rings is 1. The van der Waals surface area contributed by atoms with Crippen LogP contribution in [0.2, 0.25) is 0 Å². The first-order chi connectivity index (χ1) is 13.1. The van der Waals surface area contributed by atoms with Gasteiger partial charge in [0.05, 0.1) is 12.7 Å². The van der Waals surface area contributed by atoms with Crippen molar-refractivity contribution < 1.29 is 19.1 Å². The smallest absolute Gasteiger partial charge is 0.337 e. The summed E-state index contributed by atoms with van der Waals surface area (Å²) in [6.07, 6.45) is 5.74. The predicted octanol–water partition coefficient (Wildman–Crippen LogP) is 2.61. The summed E-state index contributed by atoms with van der Waals surface area (Å²) in [6, 6.07) is 7.14. The minimum absolute atomic E-state index is 0.0506. The zero-order valence-electron chi connectivity index (χ0n) is 16.0. The van der Waals surface area contributed by atoms with Gasteiger partial charge in [0.1, 0.15) is 0 Å². The van der Waals surface area contributed by atoms with E-state index in [-0.39, 0.29) is 17.8 Å². The highest BCUT2D eigenvalue weighted by Gasteiger charge is 2.26. The fourth-order valence-corrected chi connectivity index (χ4v) is 4.01. The molecule has 6 nitrogen and oxygen atoms in total. The van der Waals surface area contributed by atoms with Crippen LogP contribution < -0.4 is 0 Å².